The monoisotopic (exact) mass is 506 g/mol. The Morgan fingerprint density at radius 3 is 2.33 bits per heavy atom. The lowest BCUT2D eigenvalue weighted by molar-refractivity contribution is 0.461. The molecule has 0 aliphatic carbocycles. The maximum atomic E-state index is 9.20. The molecule has 12 heavy (non-hydrogen) atoms. The summed E-state index contributed by atoms with van der Waals surface area (Å²) in [5.74, 6) is 0. The Balaban J connectivity index is 3.72. The van der Waals surface area contributed by atoms with Crippen LogP contribution in [0.15, 0.2) is 7.35 Å². The van der Waals surface area contributed by atoms with Gasteiger partial charge in [-0.3, -0.25) is 0 Å². The summed E-state index contributed by atoms with van der Waals surface area (Å²) in [6, 6.07) is 0. The van der Waals surface area contributed by atoms with Crippen molar-refractivity contribution in [3.05, 3.63) is 7.35 Å². The van der Waals surface area contributed by atoms with Crippen LogP contribution in [-0.4, -0.2) is 9.03 Å². The third-order valence-corrected chi connectivity index (χ3v) is 6.85. The van der Waals surface area contributed by atoms with Crippen LogP contribution in [0.25, 0.3) is 0 Å². The second kappa shape index (κ2) is 8.07. The molecular formula is C8H13I3O. The summed E-state index contributed by atoms with van der Waals surface area (Å²) < 4.78 is 2.03. The quantitative estimate of drug-likeness (QED) is 0.242. The van der Waals surface area contributed by atoms with Crippen LogP contribution in [0.2, 0.25) is 0 Å². The lowest BCUT2D eigenvalue weighted by atomic mass is 10.1. The molecule has 1 atom stereocenters. The molecule has 0 aliphatic heterocycles. The molecule has 1 N–H and O–H groups in total. The molecule has 0 rings (SSSR count). The number of halogens is 3. The number of allylic oxidation sites excluding steroid dienone is 1. The van der Waals surface area contributed by atoms with Gasteiger partial charge in [-0.15, -0.1) is 0 Å². The van der Waals surface area contributed by atoms with Crippen LogP contribution < -0.4 is 0 Å². The van der Waals surface area contributed by atoms with Crippen LogP contribution in [0.1, 0.15) is 32.6 Å². The molecule has 0 saturated carbocycles. The van der Waals surface area contributed by atoms with E-state index in [0.717, 1.165) is 3.58 Å². The number of unbranched alkanes of at least 4 members (excludes halogenated alkanes) is 2. The molecular weight excluding hydrogens is 493 g/mol. The molecule has 0 aromatic heterocycles. The van der Waals surface area contributed by atoms with Gasteiger partial charge in [0.1, 0.15) is 0 Å². The number of aliphatic hydroxyl groups excluding tert-OH is 1. The molecule has 0 spiro atoms. The minimum absolute atomic E-state index is 0.448. The van der Waals surface area contributed by atoms with E-state index in [1.165, 1.54) is 25.7 Å². The summed E-state index contributed by atoms with van der Waals surface area (Å²) in [6.07, 6.45) is 5.01. The number of alkyl halides is 1. The summed E-state index contributed by atoms with van der Waals surface area (Å²) >= 11 is 6.58. The highest BCUT2D eigenvalue weighted by Crippen LogP contribution is 2.29. The van der Waals surface area contributed by atoms with E-state index in [0.29, 0.717) is 7.69 Å². The third-order valence-electron chi connectivity index (χ3n) is 1.53. The normalized spacial score (nSPS) is 15.7. The maximum absolute atomic E-state index is 9.20. The number of rotatable bonds is 5. The van der Waals surface area contributed by atoms with Crippen molar-refractivity contribution < 1.29 is 5.11 Å². The minimum atomic E-state index is 0.448. The largest absolute Gasteiger partial charge is 0.502 e. The first-order valence-corrected chi connectivity index (χ1v) is 7.38. The average molecular weight is 506 g/mol. The molecule has 0 aliphatic rings. The van der Waals surface area contributed by atoms with Gasteiger partial charge in [0, 0.05) is 3.92 Å². The van der Waals surface area contributed by atoms with Gasteiger partial charge in [-0.2, -0.15) is 0 Å². The van der Waals surface area contributed by atoms with Crippen LogP contribution in [0.3, 0.4) is 0 Å². The lowest BCUT2D eigenvalue weighted by Crippen LogP contribution is -1.98. The Morgan fingerprint density at radius 2 is 1.92 bits per heavy atom. The molecule has 4 heteroatoms. The zero-order chi connectivity index (χ0) is 9.56. The van der Waals surface area contributed by atoms with Crippen molar-refractivity contribution >= 4 is 67.8 Å². The SMILES string of the molecule is CCCCCC(I)/C(I)=C(/O)I. The molecule has 1 nitrogen and oxygen atoms in total. The predicted octanol–water partition coefficient (Wildman–Crippen LogP) is 4.97. The first-order valence-electron chi connectivity index (χ1n) is 3.97. The van der Waals surface area contributed by atoms with Gasteiger partial charge in [0.15, 0.2) is 3.77 Å². The third kappa shape index (κ3) is 6.22. The predicted molar refractivity (Wildman–Crippen MR) is 79.6 cm³/mol. The highest BCUT2D eigenvalue weighted by molar-refractivity contribution is 14.1. The van der Waals surface area contributed by atoms with Crippen LogP contribution in [-0.2, 0) is 0 Å². The average Bonchev–Trinajstić information content (AvgIpc) is 2.03. The van der Waals surface area contributed by atoms with Gasteiger partial charge in [0.25, 0.3) is 0 Å². The van der Waals surface area contributed by atoms with E-state index in [-0.39, 0.29) is 0 Å². The van der Waals surface area contributed by atoms with E-state index < -0.39 is 0 Å². The van der Waals surface area contributed by atoms with Gasteiger partial charge in [-0.1, -0.05) is 48.8 Å². The fraction of sp³-hybridized carbons (Fsp3) is 0.750. The number of hydrogen-bond donors (Lipinski definition) is 1. The van der Waals surface area contributed by atoms with Crippen molar-refractivity contribution in [2.45, 2.75) is 36.5 Å². The van der Waals surface area contributed by atoms with Gasteiger partial charge in [-0.05, 0) is 51.6 Å². The highest BCUT2D eigenvalue weighted by Gasteiger charge is 2.10. The molecule has 0 fully saturated rings. The van der Waals surface area contributed by atoms with Crippen molar-refractivity contribution in [2.75, 3.05) is 0 Å². The molecule has 72 valence electrons. The van der Waals surface area contributed by atoms with E-state index in [4.69, 9.17) is 0 Å². The fourth-order valence-electron chi connectivity index (χ4n) is 0.830. The molecule has 1 unspecified atom stereocenters. The Kier molecular flexibility index (Phi) is 9.24. The smallest absolute Gasteiger partial charge is 0.163 e. The van der Waals surface area contributed by atoms with Crippen molar-refractivity contribution in [1.82, 2.24) is 0 Å². The zero-order valence-corrected chi connectivity index (χ0v) is 13.5. The molecule has 0 bridgehead atoms. The number of aliphatic hydroxyl groups is 1. The molecule has 0 saturated heterocycles. The minimum Gasteiger partial charge on any atom is -0.502 e. The Morgan fingerprint density at radius 1 is 1.33 bits per heavy atom. The zero-order valence-electron chi connectivity index (χ0n) is 6.99. The van der Waals surface area contributed by atoms with E-state index >= 15 is 0 Å². The van der Waals surface area contributed by atoms with Crippen LogP contribution in [0, 0.1) is 0 Å². The second-order valence-corrected chi connectivity index (χ2v) is 6.29. The van der Waals surface area contributed by atoms with Gasteiger partial charge >= 0.3 is 0 Å². The van der Waals surface area contributed by atoms with Gasteiger partial charge < -0.3 is 5.11 Å². The van der Waals surface area contributed by atoms with Gasteiger partial charge in [0.05, 0.1) is 3.58 Å². The summed E-state index contributed by atoms with van der Waals surface area (Å²) in [5, 5.41) is 9.20. The van der Waals surface area contributed by atoms with E-state index in [1.807, 2.05) is 22.6 Å². The topological polar surface area (TPSA) is 20.2 Å². The van der Waals surface area contributed by atoms with Gasteiger partial charge in [-0.25, -0.2) is 0 Å². The van der Waals surface area contributed by atoms with Crippen LogP contribution in [0.5, 0.6) is 0 Å². The molecule has 0 aromatic carbocycles. The summed E-state index contributed by atoms with van der Waals surface area (Å²) in [6.45, 7) is 2.21. The first-order chi connectivity index (χ1) is 5.59. The van der Waals surface area contributed by atoms with Crippen LogP contribution in [0.4, 0.5) is 0 Å². The Labute approximate surface area is 115 Å². The highest BCUT2D eigenvalue weighted by atomic mass is 127. The Bertz CT molecular complexity index is 152. The van der Waals surface area contributed by atoms with E-state index in [1.54, 1.807) is 0 Å². The van der Waals surface area contributed by atoms with Crippen molar-refractivity contribution in [3.8, 4) is 0 Å². The molecule has 0 heterocycles. The molecule has 0 radical (unpaired) electrons. The van der Waals surface area contributed by atoms with Gasteiger partial charge in [0.2, 0.25) is 0 Å². The molecule has 0 aromatic rings. The summed E-state index contributed by atoms with van der Waals surface area (Å²) in [5.41, 5.74) is 0. The van der Waals surface area contributed by atoms with Crippen molar-refractivity contribution in [1.29, 1.82) is 0 Å². The standard InChI is InChI=1S/C8H13I3O/c1-2-3-4-5-6(9)7(10)8(11)12/h6,12H,2-5H2,1H3/b8-7-. The fourth-order valence-corrected chi connectivity index (χ4v) is 2.85. The summed E-state index contributed by atoms with van der Waals surface area (Å²) in [4.78, 5) is 0. The Hall–Kier alpha value is 1.73. The maximum Gasteiger partial charge on any atom is 0.163 e. The van der Waals surface area contributed by atoms with Crippen LogP contribution >= 0.6 is 67.8 Å². The first kappa shape index (κ1) is 13.7. The second-order valence-electron chi connectivity index (χ2n) is 2.60. The number of hydrogen-bond acceptors (Lipinski definition) is 1. The van der Waals surface area contributed by atoms with Crippen molar-refractivity contribution in [3.63, 3.8) is 0 Å². The van der Waals surface area contributed by atoms with E-state index in [2.05, 4.69) is 52.1 Å². The lowest BCUT2D eigenvalue weighted by Gasteiger charge is -2.08. The summed E-state index contributed by atoms with van der Waals surface area (Å²) in [7, 11) is 0. The van der Waals surface area contributed by atoms with E-state index in [9.17, 15) is 5.11 Å². The van der Waals surface area contributed by atoms with Crippen molar-refractivity contribution in [2.24, 2.45) is 0 Å². The molecule has 0 amide bonds.